The maximum absolute atomic E-state index is 12.7. The van der Waals surface area contributed by atoms with E-state index in [0.717, 1.165) is 45.2 Å². The van der Waals surface area contributed by atoms with Gasteiger partial charge in [-0.2, -0.15) is 0 Å². The van der Waals surface area contributed by atoms with Crippen LogP contribution >= 0.6 is 0 Å². The molecule has 7 nitrogen and oxygen atoms in total. The summed E-state index contributed by atoms with van der Waals surface area (Å²) in [7, 11) is 0. The summed E-state index contributed by atoms with van der Waals surface area (Å²) < 4.78 is 0. The second kappa shape index (κ2) is 11.1. The monoisotopic (exact) mass is 415 g/mol. The summed E-state index contributed by atoms with van der Waals surface area (Å²) in [5.41, 5.74) is 0.670. The summed E-state index contributed by atoms with van der Waals surface area (Å²) in [5.74, 6) is -1.41. The van der Waals surface area contributed by atoms with Crippen molar-refractivity contribution in [1.82, 2.24) is 15.5 Å². The van der Waals surface area contributed by atoms with Crippen LogP contribution in [0.3, 0.4) is 0 Å². The molecule has 0 unspecified atom stereocenters. The van der Waals surface area contributed by atoms with E-state index in [9.17, 15) is 19.5 Å². The van der Waals surface area contributed by atoms with Crippen molar-refractivity contribution in [3.05, 3.63) is 35.9 Å². The molecule has 2 aliphatic heterocycles. The van der Waals surface area contributed by atoms with Crippen LogP contribution in [0, 0.1) is 11.8 Å². The van der Waals surface area contributed by atoms with E-state index in [4.69, 9.17) is 0 Å². The van der Waals surface area contributed by atoms with Gasteiger partial charge in [-0.3, -0.25) is 14.4 Å². The van der Waals surface area contributed by atoms with Crippen molar-refractivity contribution in [2.75, 3.05) is 32.7 Å². The van der Waals surface area contributed by atoms with E-state index in [1.807, 2.05) is 11.0 Å². The first-order valence-electron chi connectivity index (χ1n) is 11.1. The Balaban J connectivity index is 1.47. The smallest absolute Gasteiger partial charge is 0.312 e. The van der Waals surface area contributed by atoms with Gasteiger partial charge in [-0.15, -0.1) is 0 Å². The molecule has 0 spiro atoms. The summed E-state index contributed by atoms with van der Waals surface area (Å²) >= 11 is 0. The van der Waals surface area contributed by atoms with E-state index in [0.29, 0.717) is 31.0 Å². The average Bonchev–Trinajstić information content (AvgIpc) is 2.78. The molecule has 3 rings (SSSR count). The van der Waals surface area contributed by atoms with Crippen LogP contribution in [0.25, 0.3) is 0 Å². The van der Waals surface area contributed by atoms with Gasteiger partial charge in [0.05, 0.1) is 11.8 Å². The second-order valence-electron chi connectivity index (χ2n) is 8.46. The van der Waals surface area contributed by atoms with E-state index in [-0.39, 0.29) is 24.3 Å². The first kappa shape index (κ1) is 22.3. The van der Waals surface area contributed by atoms with Gasteiger partial charge in [-0.05, 0) is 56.7 Å². The minimum Gasteiger partial charge on any atom is -0.481 e. The Bertz CT molecular complexity index is 718. The van der Waals surface area contributed by atoms with Crippen LogP contribution in [0.4, 0.5) is 0 Å². The number of nitrogens with one attached hydrogen (secondary N) is 2. The molecule has 2 saturated heterocycles. The molecule has 0 aliphatic carbocycles. The fourth-order valence-electron chi connectivity index (χ4n) is 4.45. The van der Waals surface area contributed by atoms with Gasteiger partial charge in [0.1, 0.15) is 0 Å². The second-order valence-corrected chi connectivity index (χ2v) is 8.46. The summed E-state index contributed by atoms with van der Waals surface area (Å²) in [4.78, 5) is 38.8. The molecule has 7 heteroatoms. The highest BCUT2D eigenvalue weighted by Crippen LogP contribution is 2.22. The van der Waals surface area contributed by atoms with Crippen LogP contribution in [-0.2, 0) is 14.4 Å². The number of carbonyl (C=O) groups excluding carboxylic acids is 2. The fourth-order valence-corrected chi connectivity index (χ4v) is 4.45. The van der Waals surface area contributed by atoms with Crippen LogP contribution in [0.15, 0.2) is 30.3 Å². The third-order valence-corrected chi connectivity index (χ3v) is 6.35. The maximum atomic E-state index is 12.7. The number of carboxylic acids is 1. The highest BCUT2D eigenvalue weighted by atomic mass is 16.4. The van der Waals surface area contributed by atoms with Gasteiger partial charge in [-0.1, -0.05) is 30.3 Å². The number of rotatable bonds is 8. The molecule has 0 bridgehead atoms. The normalized spacial score (nSPS) is 21.1. The number of piperidine rings is 2. The molecule has 3 N–H and O–H groups in total. The molecular weight excluding hydrogens is 382 g/mol. The van der Waals surface area contributed by atoms with Gasteiger partial charge < -0.3 is 20.6 Å². The minimum absolute atomic E-state index is 0.0539. The van der Waals surface area contributed by atoms with Crippen LogP contribution in [0.5, 0.6) is 0 Å². The third kappa shape index (κ3) is 6.29. The zero-order valence-electron chi connectivity index (χ0n) is 17.5. The van der Waals surface area contributed by atoms with E-state index in [1.165, 1.54) is 0 Å². The molecule has 164 valence electrons. The Morgan fingerprint density at radius 3 is 2.57 bits per heavy atom. The number of carboxylic acid groups (broad SMARTS) is 1. The predicted molar refractivity (Wildman–Crippen MR) is 114 cm³/mol. The molecule has 2 heterocycles. The number of amides is 2. The van der Waals surface area contributed by atoms with Crippen LogP contribution in [0.2, 0.25) is 0 Å². The first-order valence-corrected chi connectivity index (χ1v) is 11.1. The number of hydrogen-bond acceptors (Lipinski definition) is 4. The maximum Gasteiger partial charge on any atom is 0.312 e. The molecule has 0 aromatic heterocycles. The molecule has 2 atom stereocenters. The van der Waals surface area contributed by atoms with Crippen molar-refractivity contribution in [3.8, 4) is 0 Å². The van der Waals surface area contributed by atoms with Crippen molar-refractivity contribution in [3.63, 3.8) is 0 Å². The summed E-state index contributed by atoms with van der Waals surface area (Å²) in [6.07, 6.45) is 5.26. The first-order chi connectivity index (χ1) is 14.5. The summed E-state index contributed by atoms with van der Waals surface area (Å²) in [5, 5.41) is 15.7. The van der Waals surface area contributed by atoms with E-state index >= 15 is 0 Å². The molecule has 0 radical (unpaired) electrons. The number of likely N-dealkylation sites (tertiary alicyclic amines) is 1. The van der Waals surface area contributed by atoms with E-state index < -0.39 is 11.9 Å². The standard InChI is InChI=1S/C23H33N3O4/c27-21(9-8-17-10-12-24-13-11-17)26-14-4-7-19(16-26)22(28)25-15-20(23(29)30)18-5-2-1-3-6-18/h1-3,5-6,17,19-20,24H,4,7-16H2,(H,25,28)(H,29,30)/t19-,20+/m1/s1. The molecule has 1 aromatic rings. The zero-order chi connectivity index (χ0) is 21.3. The van der Waals surface area contributed by atoms with Gasteiger partial charge in [-0.25, -0.2) is 0 Å². The van der Waals surface area contributed by atoms with Crippen molar-refractivity contribution in [2.24, 2.45) is 11.8 Å². The highest BCUT2D eigenvalue weighted by Gasteiger charge is 2.30. The number of benzene rings is 1. The zero-order valence-corrected chi connectivity index (χ0v) is 17.5. The van der Waals surface area contributed by atoms with Crippen molar-refractivity contribution >= 4 is 17.8 Å². The van der Waals surface area contributed by atoms with Crippen LogP contribution in [0.1, 0.15) is 50.0 Å². The van der Waals surface area contributed by atoms with Crippen molar-refractivity contribution in [2.45, 2.75) is 44.4 Å². The molecule has 2 aliphatic rings. The van der Waals surface area contributed by atoms with Gasteiger partial charge >= 0.3 is 5.97 Å². The summed E-state index contributed by atoms with van der Waals surface area (Å²) in [6, 6.07) is 8.94. The van der Waals surface area contributed by atoms with Crippen LogP contribution in [-0.4, -0.2) is 60.5 Å². The van der Waals surface area contributed by atoms with Gasteiger partial charge in [0.25, 0.3) is 0 Å². The molecule has 2 fully saturated rings. The largest absolute Gasteiger partial charge is 0.481 e. The lowest BCUT2D eigenvalue weighted by molar-refractivity contribution is -0.138. The lowest BCUT2D eigenvalue weighted by Crippen LogP contribution is -2.46. The Labute approximate surface area is 178 Å². The van der Waals surface area contributed by atoms with Crippen LogP contribution < -0.4 is 10.6 Å². The fraction of sp³-hybridized carbons (Fsp3) is 0.609. The topological polar surface area (TPSA) is 98.7 Å². The SMILES string of the molecule is O=C(NC[C@H](C(=O)O)c1ccccc1)[C@@H]1CCCN(C(=O)CCC2CCNCC2)C1. The number of aliphatic carboxylic acids is 1. The molecule has 1 aromatic carbocycles. The Hall–Kier alpha value is -2.41. The number of nitrogens with zero attached hydrogens (tertiary/aromatic N) is 1. The Kier molecular flexibility index (Phi) is 8.25. The van der Waals surface area contributed by atoms with Crippen molar-refractivity contribution < 1.29 is 19.5 Å². The highest BCUT2D eigenvalue weighted by molar-refractivity contribution is 5.82. The van der Waals surface area contributed by atoms with Crippen molar-refractivity contribution in [1.29, 1.82) is 0 Å². The summed E-state index contributed by atoms with van der Waals surface area (Å²) in [6.45, 7) is 3.26. The Morgan fingerprint density at radius 2 is 1.87 bits per heavy atom. The lowest BCUT2D eigenvalue weighted by Gasteiger charge is -2.33. The lowest BCUT2D eigenvalue weighted by atomic mass is 9.92. The van der Waals surface area contributed by atoms with Gasteiger partial charge in [0.15, 0.2) is 0 Å². The van der Waals surface area contributed by atoms with E-state index in [2.05, 4.69) is 10.6 Å². The number of hydrogen-bond donors (Lipinski definition) is 3. The molecule has 0 saturated carbocycles. The minimum atomic E-state index is -0.958. The molecule has 2 amide bonds. The quantitative estimate of drug-likeness (QED) is 0.603. The Morgan fingerprint density at radius 1 is 1.13 bits per heavy atom. The van der Waals surface area contributed by atoms with Gasteiger partial charge in [0.2, 0.25) is 11.8 Å². The molecular formula is C23H33N3O4. The van der Waals surface area contributed by atoms with Gasteiger partial charge in [0, 0.05) is 26.1 Å². The third-order valence-electron chi connectivity index (χ3n) is 6.35. The number of carbonyl (C=O) groups is 3. The predicted octanol–water partition coefficient (Wildman–Crippen LogP) is 1.99. The van der Waals surface area contributed by atoms with E-state index in [1.54, 1.807) is 24.3 Å². The molecule has 30 heavy (non-hydrogen) atoms. The average molecular weight is 416 g/mol.